The van der Waals surface area contributed by atoms with Gasteiger partial charge in [-0.15, -0.1) is 0 Å². The van der Waals surface area contributed by atoms with E-state index in [4.69, 9.17) is 5.11 Å². The molecule has 2 heteroatoms. The van der Waals surface area contributed by atoms with Crippen LogP contribution in [0.1, 0.15) is 23.1 Å². The molecule has 1 aliphatic rings. The molecule has 0 unspecified atom stereocenters. The van der Waals surface area contributed by atoms with Crippen molar-refractivity contribution in [1.82, 2.24) is 0 Å². The van der Waals surface area contributed by atoms with Gasteiger partial charge in [0.05, 0.1) is 6.61 Å². The first-order valence-corrected chi connectivity index (χ1v) is 5.01. The molecule has 1 N–H and O–H groups in total. The van der Waals surface area contributed by atoms with Gasteiger partial charge in [-0.25, -0.2) is 0 Å². The van der Waals surface area contributed by atoms with Gasteiger partial charge in [-0.1, -0.05) is 15.9 Å². The monoisotopic (exact) mass is 226 g/mol. The summed E-state index contributed by atoms with van der Waals surface area (Å²) in [6.45, 7) is 0.168. The Morgan fingerprint density at radius 3 is 2.92 bits per heavy atom. The molecule has 64 valence electrons. The SMILES string of the molecule is OCc1cc(Br)cc2c1CCC2. The van der Waals surface area contributed by atoms with Crippen molar-refractivity contribution in [3.05, 3.63) is 33.3 Å². The number of aryl methyl sites for hydroxylation is 1. The zero-order chi connectivity index (χ0) is 8.55. The summed E-state index contributed by atoms with van der Waals surface area (Å²) in [7, 11) is 0. The van der Waals surface area contributed by atoms with E-state index in [2.05, 4.69) is 22.0 Å². The molecular formula is C10H11BrO. The second kappa shape index (κ2) is 3.19. The molecule has 1 aromatic rings. The van der Waals surface area contributed by atoms with Crippen molar-refractivity contribution in [2.75, 3.05) is 0 Å². The normalized spacial score (nSPS) is 14.8. The Morgan fingerprint density at radius 1 is 1.33 bits per heavy atom. The first kappa shape index (κ1) is 8.27. The summed E-state index contributed by atoms with van der Waals surface area (Å²) in [6.07, 6.45) is 3.54. The van der Waals surface area contributed by atoms with E-state index in [1.165, 1.54) is 24.0 Å². The van der Waals surface area contributed by atoms with E-state index in [9.17, 15) is 0 Å². The van der Waals surface area contributed by atoms with Crippen LogP contribution >= 0.6 is 15.9 Å². The Kier molecular flexibility index (Phi) is 2.20. The molecule has 0 heterocycles. The molecule has 0 bridgehead atoms. The maximum absolute atomic E-state index is 9.11. The standard InChI is InChI=1S/C10H11BrO/c11-9-4-7-2-1-3-10(7)8(5-9)6-12/h4-5,12H,1-3,6H2. The molecule has 0 aliphatic heterocycles. The predicted octanol–water partition coefficient (Wildman–Crippen LogP) is 2.43. The van der Waals surface area contributed by atoms with Gasteiger partial charge in [-0.05, 0) is 48.1 Å². The van der Waals surface area contributed by atoms with Crippen molar-refractivity contribution in [1.29, 1.82) is 0 Å². The van der Waals surface area contributed by atoms with Gasteiger partial charge in [-0.3, -0.25) is 0 Å². The molecule has 0 atom stereocenters. The third kappa shape index (κ3) is 1.29. The Bertz CT molecular complexity index is 307. The largest absolute Gasteiger partial charge is 0.392 e. The van der Waals surface area contributed by atoms with Gasteiger partial charge in [0, 0.05) is 4.47 Å². The molecule has 0 amide bonds. The molecule has 12 heavy (non-hydrogen) atoms. The van der Waals surface area contributed by atoms with Gasteiger partial charge in [0.25, 0.3) is 0 Å². The van der Waals surface area contributed by atoms with Crippen LogP contribution in [-0.2, 0) is 19.4 Å². The van der Waals surface area contributed by atoms with E-state index >= 15 is 0 Å². The number of benzene rings is 1. The molecule has 2 rings (SSSR count). The van der Waals surface area contributed by atoms with E-state index in [-0.39, 0.29) is 6.61 Å². The van der Waals surface area contributed by atoms with Gasteiger partial charge < -0.3 is 5.11 Å². The van der Waals surface area contributed by atoms with Gasteiger partial charge >= 0.3 is 0 Å². The maximum Gasteiger partial charge on any atom is 0.0685 e. The summed E-state index contributed by atoms with van der Waals surface area (Å²) in [5, 5.41) is 9.11. The highest BCUT2D eigenvalue weighted by Crippen LogP contribution is 2.28. The zero-order valence-corrected chi connectivity index (χ0v) is 8.39. The van der Waals surface area contributed by atoms with Gasteiger partial charge in [0.2, 0.25) is 0 Å². The average molecular weight is 227 g/mol. The Hall–Kier alpha value is -0.340. The summed E-state index contributed by atoms with van der Waals surface area (Å²) >= 11 is 3.45. The number of halogens is 1. The van der Waals surface area contributed by atoms with Gasteiger partial charge in [0.15, 0.2) is 0 Å². The van der Waals surface area contributed by atoms with E-state index in [0.29, 0.717) is 0 Å². The zero-order valence-electron chi connectivity index (χ0n) is 6.81. The van der Waals surface area contributed by atoms with Crippen LogP contribution in [0, 0.1) is 0 Å². The van der Waals surface area contributed by atoms with Crippen LogP contribution in [0.3, 0.4) is 0 Å². The first-order chi connectivity index (χ1) is 5.81. The summed E-state index contributed by atoms with van der Waals surface area (Å²) in [5.74, 6) is 0. The molecule has 0 aromatic heterocycles. The van der Waals surface area contributed by atoms with Crippen LogP contribution in [0.2, 0.25) is 0 Å². The molecule has 0 fully saturated rings. The molecule has 1 aliphatic carbocycles. The second-order valence-corrected chi connectivity index (χ2v) is 4.13. The van der Waals surface area contributed by atoms with E-state index in [0.717, 1.165) is 16.5 Å². The van der Waals surface area contributed by atoms with Crippen LogP contribution < -0.4 is 0 Å². The minimum absolute atomic E-state index is 0.168. The van der Waals surface area contributed by atoms with Crippen molar-refractivity contribution < 1.29 is 5.11 Å². The molecule has 0 saturated heterocycles. The van der Waals surface area contributed by atoms with E-state index in [1.807, 2.05) is 6.07 Å². The van der Waals surface area contributed by atoms with Gasteiger partial charge in [-0.2, -0.15) is 0 Å². The molecular weight excluding hydrogens is 216 g/mol. The van der Waals surface area contributed by atoms with Crippen LogP contribution in [0.5, 0.6) is 0 Å². The predicted molar refractivity (Wildman–Crippen MR) is 52.1 cm³/mol. The lowest BCUT2D eigenvalue weighted by Crippen LogP contribution is -1.92. The summed E-state index contributed by atoms with van der Waals surface area (Å²) < 4.78 is 1.09. The summed E-state index contributed by atoms with van der Waals surface area (Å²) in [4.78, 5) is 0. The fourth-order valence-corrected chi connectivity index (χ4v) is 2.45. The van der Waals surface area contributed by atoms with Crippen LogP contribution in [0.25, 0.3) is 0 Å². The van der Waals surface area contributed by atoms with Crippen LogP contribution in [0.4, 0.5) is 0 Å². The summed E-state index contributed by atoms with van der Waals surface area (Å²) in [6, 6.07) is 4.19. The fraction of sp³-hybridized carbons (Fsp3) is 0.400. The Labute approximate surface area is 80.5 Å². The lowest BCUT2D eigenvalue weighted by molar-refractivity contribution is 0.280. The van der Waals surface area contributed by atoms with Crippen LogP contribution in [-0.4, -0.2) is 5.11 Å². The maximum atomic E-state index is 9.11. The first-order valence-electron chi connectivity index (χ1n) is 4.22. The number of hydrogen-bond acceptors (Lipinski definition) is 1. The summed E-state index contributed by atoms with van der Waals surface area (Å²) in [5.41, 5.74) is 3.88. The number of rotatable bonds is 1. The van der Waals surface area contributed by atoms with Gasteiger partial charge in [0.1, 0.15) is 0 Å². The van der Waals surface area contributed by atoms with Crippen LogP contribution in [0.15, 0.2) is 16.6 Å². The number of aliphatic hydroxyl groups excluding tert-OH is 1. The van der Waals surface area contributed by atoms with E-state index < -0.39 is 0 Å². The minimum atomic E-state index is 0.168. The third-order valence-corrected chi connectivity index (χ3v) is 2.90. The fourth-order valence-electron chi connectivity index (χ4n) is 1.90. The molecule has 0 radical (unpaired) electrons. The van der Waals surface area contributed by atoms with Crippen molar-refractivity contribution in [3.63, 3.8) is 0 Å². The molecule has 1 aromatic carbocycles. The number of hydrogen-bond donors (Lipinski definition) is 1. The smallest absolute Gasteiger partial charge is 0.0685 e. The highest BCUT2D eigenvalue weighted by atomic mass is 79.9. The molecule has 0 spiro atoms. The third-order valence-electron chi connectivity index (χ3n) is 2.44. The molecule has 1 nitrogen and oxygen atoms in total. The Balaban J connectivity index is 2.55. The lowest BCUT2D eigenvalue weighted by Gasteiger charge is -2.06. The average Bonchev–Trinajstić information content (AvgIpc) is 2.50. The van der Waals surface area contributed by atoms with Crippen molar-refractivity contribution in [2.24, 2.45) is 0 Å². The number of aliphatic hydroxyl groups is 1. The quantitative estimate of drug-likeness (QED) is 0.781. The van der Waals surface area contributed by atoms with E-state index in [1.54, 1.807) is 0 Å². The van der Waals surface area contributed by atoms with Crippen molar-refractivity contribution in [3.8, 4) is 0 Å². The lowest BCUT2D eigenvalue weighted by atomic mass is 10.0. The highest BCUT2D eigenvalue weighted by Gasteiger charge is 2.14. The minimum Gasteiger partial charge on any atom is -0.392 e. The van der Waals surface area contributed by atoms with Crippen molar-refractivity contribution in [2.45, 2.75) is 25.9 Å². The van der Waals surface area contributed by atoms with Crippen molar-refractivity contribution >= 4 is 15.9 Å². The molecule has 0 saturated carbocycles. The topological polar surface area (TPSA) is 20.2 Å². The number of fused-ring (bicyclic) bond motifs is 1. The second-order valence-electron chi connectivity index (χ2n) is 3.21. The highest BCUT2D eigenvalue weighted by molar-refractivity contribution is 9.10. The Morgan fingerprint density at radius 2 is 2.17 bits per heavy atom.